The van der Waals surface area contributed by atoms with Crippen molar-refractivity contribution in [2.75, 3.05) is 10.6 Å². The lowest BCUT2D eigenvalue weighted by molar-refractivity contribution is -0.137. The fourth-order valence-electron chi connectivity index (χ4n) is 2.70. The smallest absolute Gasteiger partial charge is 0.421 e. The van der Waals surface area contributed by atoms with Crippen molar-refractivity contribution in [2.45, 2.75) is 39.5 Å². The van der Waals surface area contributed by atoms with Crippen molar-refractivity contribution >= 4 is 23.1 Å². The molecule has 5 nitrogen and oxygen atoms in total. The van der Waals surface area contributed by atoms with E-state index < -0.39 is 11.7 Å². The summed E-state index contributed by atoms with van der Waals surface area (Å²) in [6.45, 7) is 5.84. The standard InChI is InChI=1S/C22H23F3N4O/c1-4-15(3)30-18-10-6-9-17(12-18)27-20-19(22(23,24)25)13-26-21(29-20)28-16-8-5-7-14(2)11-16/h5-13,15H,4H2,1-3H3,(H2,26,27,28,29). The van der Waals surface area contributed by atoms with Crippen LogP contribution >= 0.6 is 0 Å². The maximum Gasteiger partial charge on any atom is 0.421 e. The van der Waals surface area contributed by atoms with Gasteiger partial charge in [-0.05, 0) is 50.1 Å². The largest absolute Gasteiger partial charge is 0.491 e. The van der Waals surface area contributed by atoms with Gasteiger partial charge in [-0.1, -0.05) is 25.1 Å². The van der Waals surface area contributed by atoms with Gasteiger partial charge in [0.15, 0.2) is 0 Å². The highest BCUT2D eigenvalue weighted by atomic mass is 19.4. The Morgan fingerprint density at radius 1 is 1.03 bits per heavy atom. The molecule has 2 N–H and O–H groups in total. The molecule has 30 heavy (non-hydrogen) atoms. The van der Waals surface area contributed by atoms with Gasteiger partial charge in [0.2, 0.25) is 5.95 Å². The van der Waals surface area contributed by atoms with Crippen LogP contribution in [0.2, 0.25) is 0 Å². The van der Waals surface area contributed by atoms with Crippen LogP contribution in [0.25, 0.3) is 0 Å². The molecule has 0 fully saturated rings. The van der Waals surface area contributed by atoms with E-state index in [1.165, 1.54) is 0 Å². The molecular weight excluding hydrogens is 393 g/mol. The van der Waals surface area contributed by atoms with Gasteiger partial charge in [0.1, 0.15) is 17.1 Å². The van der Waals surface area contributed by atoms with Crippen LogP contribution in [-0.2, 0) is 6.18 Å². The fourth-order valence-corrected chi connectivity index (χ4v) is 2.70. The van der Waals surface area contributed by atoms with Gasteiger partial charge in [0.05, 0.1) is 6.10 Å². The molecule has 2 aromatic carbocycles. The van der Waals surface area contributed by atoms with Gasteiger partial charge < -0.3 is 15.4 Å². The second kappa shape index (κ2) is 9.02. The number of benzene rings is 2. The molecule has 1 aromatic heterocycles. The number of nitrogens with zero attached hydrogens (tertiary/aromatic N) is 2. The summed E-state index contributed by atoms with van der Waals surface area (Å²) in [7, 11) is 0. The predicted molar refractivity (Wildman–Crippen MR) is 112 cm³/mol. The van der Waals surface area contributed by atoms with Crippen LogP contribution in [0.4, 0.5) is 36.3 Å². The SMILES string of the molecule is CCC(C)Oc1cccc(Nc2nc(Nc3cccc(C)c3)ncc2C(F)(F)F)c1. The highest BCUT2D eigenvalue weighted by Crippen LogP contribution is 2.35. The van der Waals surface area contributed by atoms with Crippen molar-refractivity contribution in [3.8, 4) is 5.75 Å². The molecule has 1 unspecified atom stereocenters. The van der Waals surface area contributed by atoms with E-state index in [-0.39, 0.29) is 17.9 Å². The van der Waals surface area contributed by atoms with Gasteiger partial charge in [0.25, 0.3) is 0 Å². The van der Waals surface area contributed by atoms with E-state index in [0.717, 1.165) is 18.2 Å². The van der Waals surface area contributed by atoms with E-state index in [9.17, 15) is 13.2 Å². The Balaban J connectivity index is 1.90. The average molecular weight is 416 g/mol. The van der Waals surface area contributed by atoms with Gasteiger partial charge in [-0.25, -0.2) is 4.98 Å². The Bertz CT molecular complexity index is 1010. The van der Waals surface area contributed by atoms with Crippen molar-refractivity contribution in [2.24, 2.45) is 0 Å². The molecule has 0 bridgehead atoms. The van der Waals surface area contributed by atoms with Crippen LogP contribution in [0.5, 0.6) is 5.75 Å². The van der Waals surface area contributed by atoms with Gasteiger partial charge in [-0.2, -0.15) is 18.2 Å². The Labute approximate surface area is 173 Å². The van der Waals surface area contributed by atoms with E-state index in [0.29, 0.717) is 17.1 Å². The lowest BCUT2D eigenvalue weighted by Gasteiger charge is -2.16. The summed E-state index contributed by atoms with van der Waals surface area (Å²) < 4.78 is 46.2. The molecule has 3 aromatic rings. The lowest BCUT2D eigenvalue weighted by atomic mass is 10.2. The summed E-state index contributed by atoms with van der Waals surface area (Å²) in [5.74, 6) is 0.284. The number of alkyl halides is 3. The maximum atomic E-state index is 13.5. The second-order valence-electron chi connectivity index (χ2n) is 6.94. The minimum Gasteiger partial charge on any atom is -0.491 e. The normalized spacial score (nSPS) is 12.3. The molecule has 1 atom stereocenters. The molecule has 3 rings (SSSR count). The second-order valence-corrected chi connectivity index (χ2v) is 6.94. The van der Waals surface area contributed by atoms with Crippen LogP contribution in [0.3, 0.4) is 0 Å². The Hall–Kier alpha value is -3.29. The summed E-state index contributed by atoms with van der Waals surface area (Å²) in [6.07, 6.45) is -3.02. The molecule has 0 aliphatic rings. The number of ether oxygens (including phenoxy) is 1. The Kier molecular flexibility index (Phi) is 6.44. The average Bonchev–Trinajstić information content (AvgIpc) is 2.67. The molecule has 0 aliphatic carbocycles. The van der Waals surface area contributed by atoms with Gasteiger partial charge in [-0.3, -0.25) is 0 Å². The van der Waals surface area contributed by atoms with Crippen LogP contribution in [0.15, 0.2) is 54.7 Å². The number of aromatic nitrogens is 2. The zero-order valence-electron chi connectivity index (χ0n) is 16.9. The van der Waals surface area contributed by atoms with Crippen molar-refractivity contribution in [3.63, 3.8) is 0 Å². The van der Waals surface area contributed by atoms with E-state index >= 15 is 0 Å². The van der Waals surface area contributed by atoms with Crippen LogP contribution in [0, 0.1) is 6.92 Å². The van der Waals surface area contributed by atoms with E-state index in [4.69, 9.17) is 4.74 Å². The minimum atomic E-state index is -4.60. The Morgan fingerprint density at radius 2 is 1.73 bits per heavy atom. The maximum absolute atomic E-state index is 13.5. The highest BCUT2D eigenvalue weighted by molar-refractivity contribution is 5.64. The predicted octanol–water partition coefficient (Wildman–Crippen LogP) is 6.47. The lowest BCUT2D eigenvalue weighted by Crippen LogP contribution is -2.13. The monoisotopic (exact) mass is 416 g/mol. The fraction of sp³-hybridized carbons (Fsp3) is 0.273. The van der Waals surface area contributed by atoms with Crippen molar-refractivity contribution in [3.05, 3.63) is 65.9 Å². The molecule has 0 amide bonds. The number of nitrogens with one attached hydrogen (secondary N) is 2. The topological polar surface area (TPSA) is 59.1 Å². The number of aryl methyl sites for hydroxylation is 1. The molecule has 0 saturated heterocycles. The molecule has 158 valence electrons. The first-order valence-electron chi connectivity index (χ1n) is 9.56. The third-order valence-electron chi connectivity index (χ3n) is 4.38. The number of anilines is 4. The molecular formula is C22H23F3N4O. The zero-order valence-corrected chi connectivity index (χ0v) is 16.9. The quantitative estimate of drug-likeness (QED) is 0.462. The van der Waals surface area contributed by atoms with E-state index in [1.54, 1.807) is 30.3 Å². The van der Waals surface area contributed by atoms with Gasteiger partial charge in [0, 0.05) is 23.6 Å². The van der Waals surface area contributed by atoms with Crippen LogP contribution in [-0.4, -0.2) is 16.1 Å². The van der Waals surface area contributed by atoms with Gasteiger partial charge in [-0.15, -0.1) is 0 Å². The molecule has 0 spiro atoms. The molecule has 0 saturated carbocycles. The summed E-state index contributed by atoms with van der Waals surface area (Å²) in [5.41, 5.74) is 1.17. The van der Waals surface area contributed by atoms with Crippen molar-refractivity contribution in [1.29, 1.82) is 0 Å². The van der Waals surface area contributed by atoms with Crippen LogP contribution < -0.4 is 15.4 Å². The number of rotatable bonds is 7. The van der Waals surface area contributed by atoms with E-state index in [1.807, 2.05) is 39.0 Å². The summed E-state index contributed by atoms with van der Waals surface area (Å²) in [6, 6.07) is 14.2. The van der Waals surface area contributed by atoms with Gasteiger partial charge >= 0.3 is 6.18 Å². The first kappa shape index (κ1) is 21.4. The third-order valence-corrected chi connectivity index (χ3v) is 4.38. The Morgan fingerprint density at radius 3 is 2.40 bits per heavy atom. The summed E-state index contributed by atoms with van der Waals surface area (Å²) in [4.78, 5) is 7.91. The summed E-state index contributed by atoms with van der Waals surface area (Å²) in [5, 5.41) is 5.70. The number of hydrogen-bond donors (Lipinski definition) is 2. The molecule has 0 aliphatic heterocycles. The zero-order chi connectivity index (χ0) is 21.7. The first-order chi connectivity index (χ1) is 14.2. The van der Waals surface area contributed by atoms with Crippen molar-refractivity contribution in [1.82, 2.24) is 9.97 Å². The van der Waals surface area contributed by atoms with E-state index in [2.05, 4.69) is 20.6 Å². The molecule has 8 heteroatoms. The minimum absolute atomic E-state index is 0.00447. The number of hydrogen-bond acceptors (Lipinski definition) is 5. The molecule has 1 heterocycles. The molecule has 0 radical (unpaired) electrons. The first-order valence-corrected chi connectivity index (χ1v) is 9.56. The van der Waals surface area contributed by atoms with Crippen molar-refractivity contribution < 1.29 is 17.9 Å². The highest BCUT2D eigenvalue weighted by Gasteiger charge is 2.35. The number of halogens is 3. The third kappa shape index (κ3) is 5.62. The van der Waals surface area contributed by atoms with Crippen LogP contribution in [0.1, 0.15) is 31.4 Å². The summed E-state index contributed by atoms with van der Waals surface area (Å²) >= 11 is 0.